The van der Waals surface area contributed by atoms with Gasteiger partial charge in [-0.2, -0.15) is 0 Å². The normalized spacial score (nSPS) is 25.5. The number of Topliss-reactive ketones (excluding diaryl/α,β-unsaturated/α-hetero) is 1. The van der Waals surface area contributed by atoms with Gasteiger partial charge in [-0.1, -0.05) is 13.8 Å². The molecule has 2 atom stereocenters. The van der Waals surface area contributed by atoms with Gasteiger partial charge in [0.25, 0.3) is 0 Å². The smallest absolute Gasteiger partial charge is 0.148 e. The van der Waals surface area contributed by atoms with E-state index in [0.717, 1.165) is 19.3 Å². The molecular formula is C10H18O2S. The third kappa shape index (κ3) is 3.22. The fraction of sp³-hybridized carbons (Fsp3) is 0.900. The summed E-state index contributed by atoms with van der Waals surface area (Å²) in [6, 6.07) is 0. The van der Waals surface area contributed by atoms with E-state index in [0.29, 0.717) is 18.1 Å². The van der Waals surface area contributed by atoms with Crippen molar-refractivity contribution in [2.24, 2.45) is 5.92 Å². The molecule has 2 unspecified atom stereocenters. The van der Waals surface area contributed by atoms with Gasteiger partial charge in [0.05, 0.1) is 5.25 Å². The second-order valence-electron chi connectivity index (χ2n) is 4.11. The molecule has 0 saturated heterocycles. The van der Waals surface area contributed by atoms with Crippen LogP contribution in [-0.2, 0) is 15.6 Å². The highest BCUT2D eigenvalue weighted by Crippen LogP contribution is 2.20. The zero-order valence-corrected chi connectivity index (χ0v) is 9.23. The van der Waals surface area contributed by atoms with Gasteiger partial charge in [0.15, 0.2) is 0 Å². The highest BCUT2D eigenvalue weighted by atomic mass is 32.2. The summed E-state index contributed by atoms with van der Waals surface area (Å²) >= 11 is 0. The summed E-state index contributed by atoms with van der Waals surface area (Å²) in [6.07, 6.45) is 3.41. The van der Waals surface area contributed by atoms with E-state index in [-0.39, 0.29) is 11.0 Å². The molecule has 1 aliphatic carbocycles. The van der Waals surface area contributed by atoms with Crippen LogP contribution in [0, 0.1) is 5.92 Å². The summed E-state index contributed by atoms with van der Waals surface area (Å²) in [5.74, 6) is 1.51. The van der Waals surface area contributed by atoms with Crippen LogP contribution in [0.3, 0.4) is 0 Å². The standard InChI is InChI=1S/C10H18O2S/c1-8(2)6-7-13(12)10-5-3-4-9(10)11/h8,10H,3-7H2,1-2H3. The van der Waals surface area contributed by atoms with Gasteiger partial charge in [-0.3, -0.25) is 9.00 Å². The predicted octanol–water partition coefficient (Wildman–Crippen LogP) is 1.90. The number of carbonyl (C=O) groups is 1. The fourth-order valence-electron chi connectivity index (χ4n) is 1.56. The lowest BCUT2D eigenvalue weighted by Gasteiger charge is -2.09. The van der Waals surface area contributed by atoms with E-state index in [1.807, 2.05) is 0 Å². The molecule has 0 aromatic heterocycles. The minimum atomic E-state index is -0.896. The van der Waals surface area contributed by atoms with Gasteiger partial charge < -0.3 is 0 Å². The summed E-state index contributed by atoms with van der Waals surface area (Å²) in [6.45, 7) is 4.24. The molecule has 0 radical (unpaired) electrons. The van der Waals surface area contributed by atoms with Crippen LogP contribution in [-0.4, -0.2) is 21.0 Å². The molecule has 0 bridgehead atoms. The first-order chi connectivity index (χ1) is 6.11. The molecule has 3 heteroatoms. The Labute approximate surface area is 82.6 Å². The van der Waals surface area contributed by atoms with Crippen LogP contribution in [0.25, 0.3) is 0 Å². The maximum atomic E-state index is 11.7. The van der Waals surface area contributed by atoms with Crippen molar-refractivity contribution in [1.29, 1.82) is 0 Å². The Kier molecular flexibility index (Phi) is 4.10. The number of rotatable bonds is 4. The zero-order chi connectivity index (χ0) is 9.84. The first-order valence-electron chi connectivity index (χ1n) is 5.01. The van der Waals surface area contributed by atoms with Gasteiger partial charge >= 0.3 is 0 Å². The molecule has 0 aromatic carbocycles. The van der Waals surface area contributed by atoms with E-state index in [9.17, 15) is 9.00 Å². The minimum Gasteiger partial charge on any atom is -0.298 e. The molecule has 76 valence electrons. The molecule has 0 aliphatic heterocycles. The Hall–Kier alpha value is -0.180. The largest absolute Gasteiger partial charge is 0.298 e. The number of hydrogen-bond donors (Lipinski definition) is 0. The molecule has 1 aliphatic rings. The molecule has 1 fully saturated rings. The van der Waals surface area contributed by atoms with E-state index >= 15 is 0 Å². The molecule has 1 rings (SSSR count). The Morgan fingerprint density at radius 2 is 2.23 bits per heavy atom. The van der Waals surface area contributed by atoms with Crippen LogP contribution >= 0.6 is 0 Å². The van der Waals surface area contributed by atoms with Crippen molar-refractivity contribution in [2.75, 3.05) is 5.75 Å². The topological polar surface area (TPSA) is 34.1 Å². The van der Waals surface area contributed by atoms with Crippen molar-refractivity contribution < 1.29 is 9.00 Å². The van der Waals surface area contributed by atoms with Gasteiger partial charge in [0.2, 0.25) is 0 Å². The highest BCUT2D eigenvalue weighted by Gasteiger charge is 2.29. The Bertz CT molecular complexity index is 211. The average Bonchev–Trinajstić information content (AvgIpc) is 2.47. The van der Waals surface area contributed by atoms with Crippen LogP contribution in [0.2, 0.25) is 0 Å². The van der Waals surface area contributed by atoms with Crippen molar-refractivity contribution >= 4 is 16.6 Å². The molecule has 0 N–H and O–H groups in total. The SMILES string of the molecule is CC(C)CCS(=O)C1CCCC1=O. The molecule has 0 heterocycles. The van der Waals surface area contributed by atoms with Gasteiger partial charge in [-0.15, -0.1) is 0 Å². The Morgan fingerprint density at radius 1 is 1.54 bits per heavy atom. The lowest BCUT2D eigenvalue weighted by Crippen LogP contribution is -2.22. The summed E-state index contributed by atoms with van der Waals surface area (Å²) in [4.78, 5) is 11.3. The summed E-state index contributed by atoms with van der Waals surface area (Å²) < 4.78 is 11.7. The summed E-state index contributed by atoms with van der Waals surface area (Å²) in [5, 5.41) is -0.126. The van der Waals surface area contributed by atoms with Crippen molar-refractivity contribution in [2.45, 2.75) is 44.8 Å². The number of carbonyl (C=O) groups excluding carboxylic acids is 1. The van der Waals surface area contributed by atoms with Crippen molar-refractivity contribution in [1.82, 2.24) is 0 Å². The van der Waals surface area contributed by atoms with Gasteiger partial charge in [-0.05, 0) is 25.2 Å². The van der Waals surface area contributed by atoms with E-state index in [2.05, 4.69) is 13.8 Å². The van der Waals surface area contributed by atoms with Crippen LogP contribution in [0.5, 0.6) is 0 Å². The molecule has 0 spiro atoms. The van der Waals surface area contributed by atoms with Crippen LogP contribution in [0.4, 0.5) is 0 Å². The molecule has 13 heavy (non-hydrogen) atoms. The van der Waals surface area contributed by atoms with E-state index in [1.54, 1.807) is 0 Å². The van der Waals surface area contributed by atoms with Crippen LogP contribution in [0.15, 0.2) is 0 Å². The lowest BCUT2D eigenvalue weighted by molar-refractivity contribution is -0.117. The average molecular weight is 202 g/mol. The lowest BCUT2D eigenvalue weighted by atomic mass is 10.2. The summed E-state index contributed by atoms with van der Waals surface area (Å²) in [7, 11) is -0.896. The zero-order valence-electron chi connectivity index (χ0n) is 8.41. The van der Waals surface area contributed by atoms with Crippen molar-refractivity contribution in [3.8, 4) is 0 Å². The van der Waals surface area contributed by atoms with E-state index in [1.165, 1.54) is 0 Å². The van der Waals surface area contributed by atoms with E-state index in [4.69, 9.17) is 0 Å². The highest BCUT2D eigenvalue weighted by molar-refractivity contribution is 7.86. The van der Waals surface area contributed by atoms with Gasteiger partial charge in [0.1, 0.15) is 5.78 Å². The molecule has 0 amide bonds. The third-order valence-corrected chi connectivity index (χ3v) is 4.23. The molecule has 1 saturated carbocycles. The third-order valence-electron chi connectivity index (χ3n) is 2.46. The monoisotopic (exact) mass is 202 g/mol. The number of hydrogen-bond acceptors (Lipinski definition) is 2. The first kappa shape index (κ1) is 10.9. The van der Waals surface area contributed by atoms with Crippen LogP contribution < -0.4 is 0 Å². The quantitative estimate of drug-likeness (QED) is 0.698. The fourth-order valence-corrected chi connectivity index (χ4v) is 3.38. The maximum Gasteiger partial charge on any atom is 0.148 e. The van der Waals surface area contributed by atoms with Gasteiger partial charge in [0, 0.05) is 23.0 Å². The summed E-state index contributed by atoms with van der Waals surface area (Å²) in [5.41, 5.74) is 0. The second-order valence-corrected chi connectivity index (χ2v) is 5.85. The Balaban J connectivity index is 2.34. The van der Waals surface area contributed by atoms with Crippen molar-refractivity contribution in [3.63, 3.8) is 0 Å². The molecule has 2 nitrogen and oxygen atoms in total. The first-order valence-corrected chi connectivity index (χ1v) is 6.39. The Morgan fingerprint density at radius 3 is 2.69 bits per heavy atom. The van der Waals surface area contributed by atoms with Crippen LogP contribution in [0.1, 0.15) is 39.5 Å². The molecular weight excluding hydrogens is 184 g/mol. The number of ketones is 1. The predicted molar refractivity (Wildman–Crippen MR) is 55.1 cm³/mol. The van der Waals surface area contributed by atoms with Crippen molar-refractivity contribution in [3.05, 3.63) is 0 Å². The maximum absolute atomic E-state index is 11.7. The van der Waals surface area contributed by atoms with E-state index < -0.39 is 10.8 Å². The molecule has 0 aromatic rings. The second kappa shape index (κ2) is 4.89. The minimum absolute atomic E-state index is 0.126. The van der Waals surface area contributed by atoms with Gasteiger partial charge in [-0.25, -0.2) is 0 Å².